The van der Waals surface area contributed by atoms with Gasteiger partial charge in [0.05, 0.1) is 17.5 Å². The molecule has 2 aromatic rings. The van der Waals surface area contributed by atoms with E-state index in [2.05, 4.69) is 5.32 Å². The number of carbonyl (C=O) groups excluding carboxylic acids is 1. The minimum Gasteiger partial charge on any atom is -0.450 e. The van der Waals surface area contributed by atoms with Gasteiger partial charge in [-0.2, -0.15) is 0 Å². The van der Waals surface area contributed by atoms with Gasteiger partial charge in [-0.1, -0.05) is 54.1 Å². The first-order chi connectivity index (χ1) is 12.4. The number of benzene rings is 2. The lowest BCUT2D eigenvalue weighted by Gasteiger charge is -2.15. The minimum atomic E-state index is -3.59. The monoisotopic (exact) mass is 373 g/mol. The summed E-state index contributed by atoms with van der Waals surface area (Å²) in [6.45, 7) is 3.85. The molecule has 2 rings (SSSR count). The van der Waals surface area contributed by atoms with Crippen LogP contribution in [0.2, 0.25) is 0 Å². The van der Waals surface area contributed by atoms with Crippen LogP contribution in [0.5, 0.6) is 0 Å². The van der Waals surface area contributed by atoms with Gasteiger partial charge in [-0.3, -0.25) is 0 Å². The second-order valence-electron chi connectivity index (χ2n) is 5.85. The molecule has 1 amide bonds. The first kappa shape index (κ1) is 19.7. The van der Waals surface area contributed by atoms with E-state index in [1.807, 2.05) is 37.3 Å². The molecule has 6 heteroatoms. The molecule has 0 aliphatic heterocycles. The van der Waals surface area contributed by atoms with Gasteiger partial charge in [-0.25, -0.2) is 13.2 Å². The Hall–Kier alpha value is -2.60. The van der Waals surface area contributed by atoms with Gasteiger partial charge in [0.2, 0.25) is 0 Å². The SMILES string of the molecule is CCOC(=O)N[C@H](/C=C/S(=O)(=O)c1ccc(C)cc1)Cc1ccccc1. The van der Waals surface area contributed by atoms with Crippen molar-refractivity contribution in [3.63, 3.8) is 0 Å². The highest BCUT2D eigenvalue weighted by atomic mass is 32.2. The molecule has 0 saturated carbocycles. The van der Waals surface area contributed by atoms with Crippen LogP contribution in [0, 0.1) is 6.92 Å². The molecular formula is C20H23NO4S. The molecule has 0 bridgehead atoms. The Labute approximate surface area is 154 Å². The maximum Gasteiger partial charge on any atom is 0.407 e. The molecule has 138 valence electrons. The molecule has 1 N–H and O–H groups in total. The number of alkyl carbamates (subject to hydrolysis) is 1. The first-order valence-electron chi connectivity index (χ1n) is 8.38. The minimum absolute atomic E-state index is 0.217. The average Bonchev–Trinajstić information content (AvgIpc) is 2.61. The van der Waals surface area contributed by atoms with Crippen molar-refractivity contribution >= 4 is 15.9 Å². The molecule has 26 heavy (non-hydrogen) atoms. The second-order valence-corrected chi connectivity index (χ2v) is 7.68. The highest BCUT2D eigenvalue weighted by molar-refractivity contribution is 7.94. The van der Waals surface area contributed by atoms with Crippen LogP contribution >= 0.6 is 0 Å². The van der Waals surface area contributed by atoms with E-state index in [9.17, 15) is 13.2 Å². The molecule has 0 heterocycles. The Morgan fingerprint density at radius 2 is 1.77 bits per heavy atom. The molecule has 0 aromatic heterocycles. The van der Waals surface area contributed by atoms with E-state index in [1.54, 1.807) is 31.2 Å². The van der Waals surface area contributed by atoms with Crippen LogP contribution in [0.25, 0.3) is 0 Å². The van der Waals surface area contributed by atoms with Crippen LogP contribution in [-0.2, 0) is 21.0 Å². The number of aryl methyl sites for hydroxylation is 1. The van der Waals surface area contributed by atoms with Crippen LogP contribution < -0.4 is 5.32 Å². The van der Waals surface area contributed by atoms with E-state index in [1.165, 1.54) is 6.08 Å². The fourth-order valence-corrected chi connectivity index (χ4v) is 3.43. The first-order valence-corrected chi connectivity index (χ1v) is 9.92. The smallest absolute Gasteiger partial charge is 0.407 e. The fraction of sp³-hybridized carbons (Fsp3) is 0.250. The van der Waals surface area contributed by atoms with Gasteiger partial charge in [-0.15, -0.1) is 0 Å². The number of hydrogen-bond donors (Lipinski definition) is 1. The number of hydrogen-bond acceptors (Lipinski definition) is 4. The molecule has 5 nitrogen and oxygen atoms in total. The number of rotatable bonds is 7. The maximum atomic E-state index is 12.5. The Morgan fingerprint density at radius 3 is 2.38 bits per heavy atom. The molecule has 1 atom stereocenters. The number of amides is 1. The van der Waals surface area contributed by atoms with E-state index < -0.39 is 22.0 Å². The third-order valence-corrected chi connectivity index (χ3v) is 5.16. The van der Waals surface area contributed by atoms with Crippen molar-refractivity contribution in [1.29, 1.82) is 0 Å². The summed E-state index contributed by atoms with van der Waals surface area (Å²) < 4.78 is 29.9. The molecule has 0 fully saturated rings. The zero-order valence-electron chi connectivity index (χ0n) is 14.9. The van der Waals surface area contributed by atoms with Gasteiger partial charge in [0.25, 0.3) is 0 Å². The van der Waals surface area contributed by atoms with Gasteiger partial charge in [0.15, 0.2) is 9.84 Å². The molecule has 0 radical (unpaired) electrons. The standard InChI is InChI=1S/C20H23NO4S/c1-3-25-20(22)21-18(15-17-7-5-4-6-8-17)13-14-26(23,24)19-11-9-16(2)10-12-19/h4-14,18H,3,15H2,1-2H3,(H,21,22)/b14-13+/t18-/m1/s1. The molecule has 0 aliphatic carbocycles. The van der Waals surface area contributed by atoms with Crippen molar-refractivity contribution in [3.05, 3.63) is 77.2 Å². The van der Waals surface area contributed by atoms with Crippen molar-refractivity contribution in [1.82, 2.24) is 5.32 Å². The molecule has 0 saturated heterocycles. The summed E-state index contributed by atoms with van der Waals surface area (Å²) in [5.74, 6) is 0. The predicted octanol–water partition coefficient (Wildman–Crippen LogP) is 3.64. The highest BCUT2D eigenvalue weighted by Crippen LogP contribution is 2.14. The van der Waals surface area contributed by atoms with E-state index in [0.29, 0.717) is 6.42 Å². The van der Waals surface area contributed by atoms with Gasteiger partial charge < -0.3 is 10.1 Å². The fourth-order valence-electron chi connectivity index (χ4n) is 2.36. The summed E-state index contributed by atoms with van der Waals surface area (Å²) in [6, 6.07) is 15.7. The van der Waals surface area contributed by atoms with Crippen molar-refractivity contribution in [2.45, 2.75) is 31.2 Å². The van der Waals surface area contributed by atoms with E-state index in [-0.39, 0.29) is 11.5 Å². The Kier molecular flexibility index (Phi) is 6.97. The predicted molar refractivity (Wildman–Crippen MR) is 102 cm³/mol. The quantitative estimate of drug-likeness (QED) is 0.804. The van der Waals surface area contributed by atoms with E-state index in [0.717, 1.165) is 16.5 Å². The van der Waals surface area contributed by atoms with Crippen molar-refractivity contribution in [2.24, 2.45) is 0 Å². The van der Waals surface area contributed by atoms with Crippen LogP contribution in [0.4, 0.5) is 4.79 Å². The second kappa shape index (κ2) is 9.20. The molecular weight excluding hydrogens is 350 g/mol. The summed E-state index contributed by atoms with van der Waals surface area (Å²) in [5.41, 5.74) is 1.96. The molecule has 2 aromatic carbocycles. The van der Waals surface area contributed by atoms with Crippen molar-refractivity contribution in [3.8, 4) is 0 Å². The topological polar surface area (TPSA) is 72.5 Å². The lowest BCUT2D eigenvalue weighted by atomic mass is 10.1. The third kappa shape index (κ3) is 6.04. The Morgan fingerprint density at radius 1 is 1.12 bits per heavy atom. The zero-order chi connectivity index (χ0) is 19.0. The highest BCUT2D eigenvalue weighted by Gasteiger charge is 2.14. The van der Waals surface area contributed by atoms with Gasteiger partial charge in [0, 0.05) is 5.41 Å². The van der Waals surface area contributed by atoms with Crippen LogP contribution in [0.3, 0.4) is 0 Å². The molecule has 0 spiro atoms. The van der Waals surface area contributed by atoms with E-state index in [4.69, 9.17) is 4.74 Å². The normalized spacial score (nSPS) is 12.7. The van der Waals surface area contributed by atoms with Crippen molar-refractivity contribution < 1.29 is 17.9 Å². The van der Waals surface area contributed by atoms with E-state index >= 15 is 0 Å². The summed E-state index contributed by atoms with van der Waals surface area (Å²) in [5, 5.41) is 3.82. The number of nitrogens with one attached hydrogen (secondary N) is 1. The summed E-state index contributed by atoms with van der Waals surface area (Å²) in [4.78, 5) is 12.0. The summed E-state index contributed by atoms with van der Waals surface area (Å²) in [6.07, 6.45) is 1.37. The molecule has 0 unspecified atom stereocenters. The lowest BCUT2D eigenvalue weighted by Crippen LogP contribution is -2.35. The Bertz CT molecular complexity index is 843. The number of sulfone groups is 1. The van der Waals surface area contributed by atoms with Gasteiger partial charge >= 0.3 is 6.09 Å². The van der Waals surface area contributed by atoms with Crippen molar-refractivity contribution in [2.75, 3.05) is 6.61 Å². The number of carbonyl (C=O) groups is 1. The van der Waals surface area contributed by atoms with Crippen LogP contribution in [-0.4, -0.2) is 27.2 Å². The van der Waals surface area contributed by atoms with Crippen LogP contribution in [0.15, 0.2) is 71.0 Å². The third-order valence-electron chi connectivity index (χ3n) is 3.72. The maximum absolute atomic E-state index is 12.5. The van der Waals surface area contributed by atoms with Gasteiger partial charge in [-0.05, 0) is 38.0 Å². The Balaban J connectivity index is 2.19. The van der Waals surface area contributed by atoms with Gasteiger partial charge in [0.1, 0.15) is 0 Å². The number of ether oxygens (including phenoxy) is 1. The largest absolute Gasteiger partial charge is 0.450 e. The lowest BCUT2D eigenvalue weighted by molar-refractivity contribution is 0.150. The van der Waals surface area contributed by atoms with Crippen LogP contribution in [0.1, 0.15) is 18.1 Å². The zero-order valence-corrected chi connectivity index (χ0v) is 15.7. The summed E-state index contributed by atoms with van der Waals surface area (Å²) in [7, 11) is -3.59. The average molecular weight is 373 g/mol. The summed E-state index contributed by atoms with van der Waals surface area (Å²) >= 11 is 0. The molecule has 0 aliphatic rings.